The molecule has 4 nitrogen and oxygen atoms in total. The lowest BCUT2D eigenvalue weighted by molar-refractivity contribution is 0.0794. The Bertz CT molecular complexity index is 652. The smallest absolute Gasteiger partial charge is 0.265 e. The number of aryl methyl sites for hydroxylation is 1. The first-order chi connectivity index (χ1) is 9.54. The van der Waals surface area contributed by atoms with E-state index in [9.17, 15) is 4.79 Å². The summed E-state index contributed by atoms with van der Waals surface area (Å²) in [6.45, 7) is 3.24. The maximum absolute atomic E-state index is 12.5. The molecule has 3 heterocycles. The fourth-order valence-corrected chi connectivity index (χ4v) is 4.38. The molecule has 0 unspecified atom stereocenters. The average Bonchev–Trinajstić information content (AvgIpc) is 3.09. The average molecular weight is 328 g/mol. The highest BCUT2D eigenvalue weighted by Crippen LogP contribution is 2.35. The number of amides is 1. The van der Waals surface area contributed by atoms with E-state index in [4.69, 9.17) is 17.3 Å². The number of nitrogens with two attached hydrogens (primary N) is 1. The Labute approximate surface area is 130 Å². The highest BCUT2D eigenvalue weighted by molar-refractivity contribution is 7.24. The highest BCUT2D eigenvalue weighted by atomic mass is 35.5. The third-order valence-corrected chi connectivity index (χ3v) is 5.83. The topological polar surface area (TPSA) is 59.2 Å². The van der Waals surface area contributed by atoms with Crippen molar-refractivity contribution in [1.82, 2.24) is 9.88 Å². The first-order valence-corrected chi connectivity index (χ1v) is 8.33. The van der Waals surface area contributed by atoms with Gasteiger partial charge in [0.15, 0.2) is 0 Å². The Kier molecular flexibility index (Phi) is 3.81. The van der Waals surface area contributed by atoms with Crippen LogP contribution in [0.2, 0.25) is 4.34 Å². The Morgan fingerprint density at radius 3 is 2.90 bits per heavy atom. The molecule has 0 aliphatic carbocycles. The Hall–Kier alpha value is -0.950. The van der Waals surface area contributed by atoms with E-state index in [2.05, 4.69) is 4.98 Å². The SMILES string of the molecule is Cc1nc(-c2ccc(Cl)s2)sc1C(=O)N1CC[C@@H](N)C1. The minimum atomic E-state index is 0.0434. The van der Waals surface area contributed by atoms with Gasteiger partial charge >= 0.3 is 0 Å². The molecule has 0 saturated carbocycles. The molecule has 3 rings (SSSR count). The number of thiazole rings is 1. The number of hydrogen-bond acceptors (Lipinski definition) is 5. The molecule has 2 N–H and O–H groups in total. The molecule has 0 radical (unpaired) electrons. The number of likely N-dealkylation sites (tertiary alicyclic amines) is 1. The molecule has 2 aromatic heterocycles. The van der Waals surface area contributed by atoms with Gasteiger partial charge in [0, 0.05) is 19.1 Å². The number of halogens is 1. The molecule has 1 saturated heterocycles. The Morgan fingerprint density at radius 2 is 2.30 bits per heavy atom. The van der Waals surface area contributed by atoms with Gasteiger partial charge in [-0.3, -0.25) is 4.79 Å². The van der Waals surface area contributed by atoms with Gasteiger partial charge in [-0.1, -0.05) is 11.6 Å². The largest absolute Gasteiger partial charge is 0.336 e. The van der Waals surface area contributed by atoms with Gasteiger partial charge in [-0.05, 0) is 25.5 Å². The van der Waals surface area contributed by atoms with E-state index in [-0.39, 0.29) is 11.9 Å². The van der Waals surface area contributed by atoms with Crippen molar-refractivity contribution in [2.75, 3.05) is 13.1 Å². The third kappa shape index (κ3) is 2.61. The summed E-state index contributed by atoms with van der Waals surface area (Å²) >= 11 is 8.85. The number of rotatable bonds is 2. The first-order valence-electron chi connectivity index (χ1n) is 6.32. The van der Waals surface area contributed by atoms with Crippen molar-refractivity contribution in [3.8, 4) is 9.88 Å². The molecule has 0 aromatic carbocycles. The molecule has 0 bridgehead atoms. The van der Waals surface area contributed by atoms with Crippen LogP contribution in [0.3, 0.4) is 0 Å². The number of aromatic nitrogens is 1. The van der Waals surface area contributed by atoms with Crippen molar-refractivity contribution in [3.05, 3.63) is 27.0 Å². The first kappa shape index (κ1) is 14.0. The van der Waals surface area contributed by atoms with Crippen molar-refractivity contribution in [1.29, 1.82) is 0 Å². The van der Waals surface area contributed by atoms with Crippen LogP contribution in [0.15, 0.2) is 12.1 Å². The number of thiophene rings is 1. The summed E-state index contributed by atoms with van der Waals surface area (Å²) in [6, 6.07) is 3.88. The van der Waals surface area contributed by atoms with Crippen molar-refractivity contribution in [2.24, 2.45) is 5.73 Å². The van der Waals surface area contributed by atoms with E-state index in [0.29, 0.717) is 11.4 Å². The lowest BCUT2D eigenvalue weighted by Crippen LogP contribution is -2.31. The zero-order chi connectivity index (χ0) is 14.3. The van der Waals surface area contributed by atoms with Gasteiger partial charge in [0.1, 0.15) is 9.88 Å². The predicted octanol–water partition coefficient (Wildman–Crippen LogP) is 3.01. The van der Waals surface area contributed by atoms with Gasteiger partial charge in [0.25, 0.3) is 5.91 Å². The van der Waals surface area contributed by atoms with Gasteiger partial charge in [-0.15, -0.1) is 22.7 Å². The molecule has 1 amide bonds. The number of carbonyl (C=O) groups is 1. The maximum Gasteiger partial charge on any atom is 0.265 e. The third-order valence-electron chi connectivity index (χ3n) is 3.29. The van der Waals surface area contributed by atoms with Crippen molar-refractivity contribution >= 4 is 40.2 Å². The second-order valence-corrected chi connectivity index (χ2v) is 7.55. The van der Waals surface area contributed by atoms with Crippen LogP contribution in [-0.4, -0.2) is 34.9 Å². The second kappa shape index (κ2) is 5.44. The van der Waals surface area contributed by atoms with Crippen molar-refractivity contribution < 1.29 is 4.79 Å². The monoisotopic (exact) mass is 327 g/mol. The molecule has 1 atom stereocenters. The van der Waals surface area contributed by atoms with Crippen LogP contribution in [0.4, 0.5) is 0 Å². The fourth-order valence-electron chi connectivity index (χ4n) is 2.24. The molecule has 1 fully saturated rings. The molecule has 2 aromatic rings. The van der Waals surface area contributed by atoms with E-state index in [1.165, 1.54) is 22.7 Å². The van der Waals surface area contributed by atoms with E-state index in [1.54, 1.807) is 0 Å². The van der Waals surface area contributed by atoms with E-state index in [0.717, 1.165) is 32.9 Å². The molecule has 1 aliphatic heterocycles. The molecular formula is C13H14ClN3OS2. The summed E-state index contributed by atoms with van der Waals surface area (Å²) in [7, 11) is 0. The lowest BCUT2D eigenvalue weighted by Gasteiger charge is -2.14. The molecule has 1 aliphatic rings. The standard InChI is InChI=1S/C13H14ClN3OS2/c1-7-11(13(18)17-5-4-8(15)6-17)20-12(16-7)9-2-3-10(14)19-9/h2-3,8H,4-6,15H2,1H3/t8-/m1/s1. The number of nitrogens with zero attached hydrogens (tertiary/aromatic N) is 2. The summed E-state index contributed by atoms with van der Waals surface area (Å²) in [4.78, 5) is 20.5. The quantitative estimate of drug-likeness (QED) is 0.922. The van der Waals surface area contributed by atoms with Crippen LogP contribution in [-0.2, 0) is 0 Å². The van der Waals surface area contributed by atoms with Gasteiger partial charge in [0.05, 0.1) is 14.9 Å². The predicted molar refractivity (Wildman–Crippen MR) is 83.7 cm³/mol. The van der Waals surface area contributed by atoms with E-state index >= 15 is 0 Å². The summed E-state index contributed by atoms with van der Waals surface area (Å²) in [5.74, 6) is 0.0434. The van der Waals surface area contributed by atoms with Gasteiger partial charge < -0.3 is 10.6 Å². The highest BCUT2D eigenvalue weighted by Gasteiger charge is 2.27. The summed E-state index contributed by atoms with van der Waals surface area (Å²) < 4.78 is 0.728. The van der Waals surface area contributed by atoms with E-state index in [1.807, 2.05) is 24.0 Å². The maximum atomic E-state index is 12.5. The van der Waals surface area contributed by atoms with E-state index < -0.39 is 0 Å². The summed E-state index contributed by atoms with van der Waals surface area (Å²) in [5.41, 5.74) is 6.64. The van der Waals surface area contributed by atoms with Crippen LogP contribution in [0.5, 0.6) is 0 Å². The van der Waals surface area contributed by atoms with Crippen LogP contribution < -0.4 is 5.73 Å². The van der Waals surface area contributed by atoms with Crippen LogP contribution in [0.25, 0.3) is 9.88 Å². The molecule has 106 valence electrons. The molecule has 20 heavy (non-hydrogen) atoms. The fraction of sp³-hybridized carbons (Fsp3) is 0.385. The van der Waals surface area contributed by atoms with Crippen LogP contribution in [0.1, 0.15) is 21.8 Å². The van der Waals surface area contributed by atoms with Gasteiger partial charge in [-0.2, -0.15) is 0 Å². The van der Waals surface area contributed by atoms with Gasteiger partial charge in [-0.25, -0.2) is 4.98 Å². The Morgan fingerprint density at radius 1 is 1.50 bits per heavy atom. The zero-order valence-corrected chi connectivity index (χ0v) is 13.3. The minimum absolute atomic E-state index is 0.0434. The minimum Gasteiger partial charge on any atom is -0.336 e. The van der Waals surface area contributed by atoms with Crippen LogP contribution >= 0.6 is 34.3 Å². The molecule has 0 spiro atoms. The number of hydrogen-bond donors (Lipinski definition) is 1. The van der Waals surface area contributed by atoms with Crippen molar-refractivity contribution in [2.45, 2.75) is 19.4 Å². The second-order valence-electron chi connectivity index (χ2n) is 4.84. The summed E-state index contributed by atoms with van der Waals surface area (Å²) in [6.07, 6.45) is 0.872. The summed E-state index contributed by atoms with van der Waals surface area (Å²) in [5, 5.41) is 0.853. The van der Waals surface area contributed by atoms with Crippen molar-refractivity contribution in [3.63, 3.8) is 0 Å². The molecule has 7 heteroatoms. The lowest BCUT2D eigenvalue weighted by atomic mass is 10.3. The van der Waals surface area contributed by atoms with Crippen LogP contribution in [0, 0.1) is 6.92 Å². The van der Waals surface area contributed by atoms with Gasteiger partial charge in [0.2, 0.25) is 0 Å². The normalized spacial score (nSPS) is 18.8. The number of carbonyl (C=O) groups excluding carboxylic acids is 1. The zero-order valence-electron chi connectivity index (χ0n) is 10.9. The Balaban J connectivity index is 1.87. The molecular weight excluding hydrogens is 314 g/mol.